The summed E-state index contributed by atoms with van der Waals surface area (Å²) in [5.41, 5.74) is 2.23. The van der Waals surface area contributed by atoms with Crippen LogP contribution in [0, 0.1) is 23.2 Å². The van der Waals surface area contributed by atoms with Crippen molar-refractivity contribution < 1.29 is 42.9 Å². The number of pyridine rings is 1. The highest BCUT2D eigenvalue weighted by Crippen LogP contribution is 2.35. The first-order valence-corrected chi connectivity index (χ1v) is 19.7. The fourth-order valence-corrected chi connectivity index (χ4v) is 6.04. The van der Waals surface area contributed by atoms with Crippen molar-refractivity contribution in [3.8, 4) is 16.9 Å². The lowest BCUT2D eigenvalue weighted by Gasteiger charge is -2.18. The predicted octanol–water partition coefficient (Wildman–Crippen LogP) is 8.19. The molecule has 1 aliphatic rings. The van der Waals surface area contributed by atoms with E-state index in [-0.39, 0.29) is 52.8 Å². The van der Waals surface area contributed by atoms with Crippen LogP contribution in [-0.4, -0.2) is 67.3 Å². The third kappa shape index (κ3) is 12.7. The second-order valence-electron chi connectivity index (χ2n) is 14.5. The zero-order chi connectivity index (χ0) is 41.5. The van der Waals surface area contributed by atoms with Crippen molar-refractivity contribution in [2.75, 3.05) is 27.1 Å². The molecule has 4 rings (SSSR count). The Balaban J connectivity index is 1.61. The molecule has 1 heterocycles. The van der Waals surface area contributed by atoms with Crippen LogP contribution in [0.15, 0.2) is 55.1 Å². The number of carbonyl (C=O) groups is 5. The number of ketones is 1. The third-order valence-corrected chi connectivity index (χ3v) is 10.3. The topological polar surface area (TPSA) is 171 Å². The summed E-state index contributed by atoms with van der Waals surface area (Å²) in [6, 6.07) is 13.0. The molecule has 1 amide bonds. The molecule has 0 bridgehead atoms. The number of nitrogens with one attached hydrogen (secondary N) is 2. The molecule has 2 N–H and O–H groups in total. The number of nitrogens with zero attached hydrogens (tertiary/aromatic N) is 1. The maximum absolute atomic E-state index is 14.2. The number of esters is 3. The zero-order valence-corrected chi connectivity index (χ0v) is 33.7. The van der Waals surface area contributed by atoms with E-state index in [2.05, 4.69) is 23.8 Å². The Kier molecular flexibility index (Phi) is 16.7. The molecule has 0 radical (unpaired) electrons. The van der Waals surface area contributed by atoms with E-state index in [1.807, 2.05) is 13.8 Å². The van der Waals surface area contributed by atoms with Crippen LogP contribution in [0.3, 0.4) is 0 Å². The highest BCUT2D eigenvalue weighted by molar-refractivity contribution is 6.09. The van der Waals surface area contributed by atoms with Gasteiger partial charge in [0.1, 0.15) is 11.4 Å². The van der Waals surface area contributed by atoms with Crippen molar-refractivity contribution in [2.24, 2.45) is 17.8 Å². The summed E-state index contributed by atoms with van der Waals surface area (Å²) in [6.45, 7) is 11.8. The van der Waals surface area contributed by atoms with Gasteiger partial charge in [-0.05, 0) is 72.1 Å². The third-order valence-electron chi connectivity index (χ3n) is 10.3. The molecule has 12 heteroatoms. The lowest BCUT2D eigenvalue weighted by Crippen LogP contribution is -2.27. The Morgan fingerprint density at radius 1 is 0.947 bits per heavy atom. The number of hydrogen-bond acceptors (Lipinski definition) is 11. The quantitative estimate of drug-likeness (QED) is 0.0314. The van der Waals surface area contributed by atoms with E-state index in [9.17, 15) is 24.0 Å². The maximum atomic E-state index is 14.2. The summed E-state index contributed by atoms with van der Waals surface area (Å²) < 4.78 is 21.6. The molecule has 0 unspecified atom stereocenters. The van der Waals surface area contributed by atoms with Gasteiger partial charge in [-0.2, -0.15) is 0 Å². The number of methoxy groups -OCH3 is 1. The fraction of sp³-hybridized carbons (Fsp3) is 0.444. The lowest BCUT2D eigenvalue weighted by atomic mass is 9.90. The van der Waals surface area contributed by atoms with Gasteiger partial charge in [0.05, 0.1) is 26.1 Å². The van der Waals surface area contributed by atoms with E-state index in [0.29, 0.717) is 47.1 Å². The molecule has 0 spiro atoms. The Morgan fingerprint density at radius 3 is 2.33 bits per heavy atom. The molecule has 57 heavy (non-hydrogen) atoms. The number of unbranched alkanes of at least 4 members (excludes halogenated alkanes) is 3. The van der Waals surface area contributed by atoms with Gasteiger partial charge in [0.25, 0.3) is 5.91 Å². The summed E-state index contributed by atoms with van der Waals surface area (Å²) in [5, 5.41) is 11.3. The van der Waals surface area contributed by atoms with Gasteiger partial charge >= 0.3 is 17.9 Å². The van der Waals surface area contributed by atoms with E-state index in [1.54, 1.807) is 49.4 Å². The molecule has 12 nitrogen and oxygen atoms in total. The van der Waals surface area contributed by atoms with Crippen molar-refractivity contribution >= 4 is 41.4 Å². The zero-order valence-electron chi connectivity index (χ0n) is 33.7. The number of Topliss-reactive ketones (excluding diaryl/α,β-unsaturated/α-hetero) is 1. The minimum Gasteiger partial charge on any atom is -0.496 e. The van der Waals surface area contributed by atoms with Crippen LogP contribution in [0.1, 0.15) is 127 Å². The molecule has 2 aromatic carbocycles. The second-order valence-corrected chi connectivity index (χ2v) is 14.5. The number of benzene rings is 2. The van der Waals surface area contributed by atoms with Crippen LogP contribution in [-0.2, 0) is 30.2 Å². The summed E-state index contributed by atoms with van der Waals surface area (Å²) in [4.78, 5) is 70.3. The number of ether oxygens (including phenoxy) is 4. The van der Waals surface area contributed by atoms with Crippen LogP contribution >= 0.6 is 0 Å². The van der Waals surface area contributed by atoms with Gasteiger partial charge in [0, 0.05) is 35.4 Å². The Morgan fingerprint density at radius 2 is 1.68 bits per heavy atom. The van der Waals surface area contributed by atoms with E-state index in [4.69, 9.17) is 24.4 Å². The maximum Gasteiger partial charge on any atom is 0.360 e. The lowest BCUT2D eigenvalue weighted by molar-refractivity contribution is -0.158. The SMILES string of the molecule is C=Cc1cc(C(=O)Cc2ccc(C(=N)CC(=O)OCCCCCC)cc2)c(-c2ccc(C(=O)NCC3CC3)nc2C(=O)OCOC(=O)[C@@H](C)[C@@H](C)CC)cc1OC. The van der Waals surface area contributed by atoms with Crippen molar-refractivity contribution in [1.29, 1.82) is 5.41 Å². The smallest absolute Gasteiger partial charge is 0.360 e. The van der Waals surface area contributed by atoms with E-state index in [0.717, 1.165) is 44.9 Å². The van der Waals surface area contributed by atoms with Crippen LogP contribution in [0.2, 0.25) is 0 Å². The Labute approximate surface area is 335 Å². The number of hydrogen-bond donors (Lipinski definition) is 2. The van der Waals surface area contributed by atoms with E-state index < -0.39 is 36.5 Å². The first kappa shape index (κ1) is 44.1. The standard InChI is InChI=1S/C45H55N3O9/c1-7-10-11-12-21-55-41(50)25-37(46)33-17-15-30(16-18-33)22-39(49)36-23-32(9-3)40(54-6)24-35(36)34-19-20-38(43(51)47-26-31-13-14-31)48-42(34)45(53)57-27-56-44(52)29(5)28(4)8-2/h9,15-20,23-24,28-29,31,46H,3,7-8,10-14,21-22,25-27H2,1-2,4-6H3,(H,47,51)/t28-,29-/m0/s1. The van der Waals surface area contributed by atoms with Crippen molar-refractivity contribution in [2.45, 2.75) is 85.5 Å². The monoisotopic (exact) mass is 781 g/mol. The van der Waals surface area contributed by atoms with Crippen LogP contribution in [0.25, 0.3) is 17.2 Å². The molecular weight excluding hydrogens is 727 g/mol. The minimum absolute atomic E-state index is 0.0258. The van der Waals surface area contributed by atoms with Gasteiger partial charge in [-0.1, -0.05) is 90.3 Å². The summed E-state index contributed by atoms with van der Waals surface area (Å²) in [7, 11) is 1.47. The van der Waals surface area contributed by atoms with Crippen LogP contribution in [0.5, 0.6) is 5.75 Å². The molecule has 1 saturated carbocycles. The second kappa shape index (κ2) is 21.6. The Bertz CT molecular complexity index is 1930. The highest BCUT2D eigenvalue weighted by atomic mass is 16.7. The van der Waals surface area contributed by atoms with Crippen LogP contribution < -0.4 is 10.1 Å². The van der Waals surface area contributed by atoms with E-state index >= 15 is 0 Å². The summed E-state index contributed by atoms with van der Waals surface area (Å²) in [6.07, 6.45) is 8.10. The number of rotatable bonds is 23. The molecule has 0 saturated heterocycles. The van der Waals surface area contributed by atoms with Gasteiger partial charge in [0.2, 0.25) is 6.79 Å². The molecule has 1 aromatic heterocycles. The summed E-state index contributed by atoms with van der Waals surface area (Å²) in [5.74, 6) is -2.30. The molecular formula is C45H55N3O9. The molecule has 2 atom stereocenters. The average Bonchev–Trinajstić information content (AvgIpc) is 4.06. The molecule has 1 fully saturated rings. The van der Waals surface area contributed by atoms with Gasteiger partial charge in [-0.15, -0.1) is 0 Å². The number of amides is 1. The normalized spacial score (nSPS) is 13.1. The highest BCUT2D eigenvalue weighted by Gasteiger charge is 2.27. The molecule has 0 aliphatic heterocycles. The van der Waals surface area contributed by atoms with Gasteiger partial charge in [-0.3, -0.25) is 19.2 Å². The number of aromatic nitrogens is 1. The minimum atomic E-state index is -0.964. The molecule has 3 aromatic rings. The predicted molar refractivity (Wildman–Crippen MR) is 217 cm³/mol. The van der Waals surface area contributed by atoms with Crippen molar-refractivity contribution in [3.63, 3.8) is 0 Å². The molecule has 304 valence electrons. The first-order chi connectivity index (χ1) is 27.4. The molecule has 1 aliphatic carbocycles. The largest absolute Gasteiger partial charge is 0.496 e. The van der Waals surface area contributed by atoms with Crippen molar-refractivity contribution in [3.05, 3.63) is 88.8 Å². The Hall–Kier alpha value is -5.65. The van der Waals surface area contributed by atoms with Gasteiger partial charge < -0.3 is 29.7 Å². The van der Waals surface area contributed by atoms with E-state index in [1.165, 1.54) is 19.2 Å². The van der Waals surface area contributed by atoms with Gasteiger partial charge in [0.15, 0.2) is 11.5 Å². The average molecular weight is 782 g/mol. The summed E-state index contributed by atoms with van der Waals surface area (Å²) >= 11 is 0. The van der Waals surface area contributed by atoms with Crippen LogP contribution in [0.4, 0.5) is 0 Å². The number of carbonyl (C=O) groups excluding carboxylic acids is 5. The fourth-order valence-electron chi connectivity index (χ4n) is 6.04. The van der Waals surface area contributed by atoms with Crippen molar-refractivity contribution in [1.82, 2.24) is 10.3 Å². The van der Waals surface area contributed by atoms with Gasteiger partial charge in [-0.25, -0.2) is 9.78 Å². The first-order valence-electron chi connectivity index (χ1n) is 19.7.